The number of rotatable bonds is 3. The largest absolute Gasteiger partial charge is 0.508 e. The third-order valence-corrected chi connectivity index (χ3v) is 3.11. The number of phenols is 1. The van der Waals surface area contributed by atoms with Gasteiger partial charge in [-0.1, -0.05) is 11.6 Å². The van der Waals surface area contributed by atoms with E-state index in [0.717, 1.165) is 16.7 Å². The van der Waals surface area contributed by atoms with Crippen molar-refractivity contribution in [3.05, 3.63) is 47.5 Å². The number of thioether (sulfide) groups is 1. The Labute approximate surface area is 119 Å². The maximum atomic E-state index is 9.22. The zero-order valence-corrected chi connectivity index (χ0v) is 11.2. The minimum absolute atomic E-state index is 0.0850. The van der Waals surface area contributed by atoms with Crippen molar-refractivity contribution in [3.63, 3.8) is 0 Å². The Morgan fingerprint density at radius 1 is 1.11 bits per heavy atom. The van der Waals surface area contributed by atoms with Gasteiger partial charge in [0.25, 0.3) is 0 Å². The number of nitriles is 1. The van der Waals surface area contributed by atoms with Crippen molar-refractivity contribution < 1.29 is 5.11 Å². The van der Waals surface area contributed by atoms with Gasteiger partial charge in [-0.3, -0.25) is 0 Å². The van der Waals surface area contributed by atoms with E-state index in [0.29, 0.717) is 16.4 Å². The predicted molar refractivity (Wildman–Crippen MR) is 75.2 cm³/mol. The summed E-state index contributed by atoms with van der Waals surface area (Å²) in [5, 5.41) is 28.1. The van der Waals surface area contributed by atoms with Crippen molar-refractivity contribution >= 4 is 34.7 Å². The molecule has 2 aromatic rings. The Hall–Kier alpha value is -2.03. The molecule has 6 heteroatoms. The van der Waals surface area contributed by atoms with E-state index < -0.39 is 0 Å². The molecule has 0 heterocycles. The number of halogens is 1. The Balaban J connectivity index is 2.16. The molecule has 0 saturated heterocycles. The summed E-state index contributed by atoms with van der Waals surface area (Å²) in [7, 11) is 0. The standard InChI is InChI=1S/C13H8ClN3OS/c14-12-7-10(18)3-6-13(12)17-16-9-1-4-11(5-2-9)19-8-15/h1-7,18H. The van der Waals surface area contributed by atoms with Crippen LogP contribution in [0.5, 0.6) is 5.75 Å². The summed E-state index contributed by atoms with van der Waals surface area (Å²) in [4.78, 5) is 0.851. The highest BCUT2D eigenvalue weighted by Crippen LogP contribution is 2.30. The van der Waals surface area contributed by atoms with E-state index in [1.807, 2.05) is 5.40 Å². The number of benzene rings is 2. The van der Waals surface area contributed by atoms with Crippen LogP contribution < -0.4 is 0 Å². The molecular weight excluding hydrogens is 282 g/mol. The quantitative estimate of drug-likeness (QED) is 0.489. The number of phenolic OH excluding ortho intramolecular Hbond substituents is 1. The summed E-state index contributed by atoms with van der Waals surface area (Å²) in [6, 6.07) is 11.6. The second-order valence-corrected chi connectivity index (χ2v) is 4.79. The Bertz CT molecular complexity index is 650. The zero-order chi connectivity index (χ0) is 13.7. The van der Waals surface area contributed by atoms with Gasteiger partial charge in [0.05, 0.1) is 10.7 Å². The molecule has 0 aliphatic rings. The van der Waals surface area contributed by atoms with Gasteiger partial charge in [-0.2, -0.15) is 10.4 Å². The van der Waals surface area contributed by atoms with E-state index >= 15 is 0 Å². The SMILES string of the molecule is N#CSc1ccc(N=Nc2ccc(O)cc2Cl)cc1. The van der Waals surface area contributed by atoms with E-state index in [1.54, 1.807) is 30.3 Å². The smallest absolute Gasteiger partial charge is 0.138 e. The number of thiocyanates is 1. The molecule has 2 rings (SSSR count). The molecule has 0 unspecified atom stereocenters. The van der Waals surface area contributed by atoms with Crippen LogP contribution in [0.25, 0.3) is 0 Å². The average molecular weight is 290 g/mol. The molecule has 1 N–H and O–H groups in total. The van der Waals surface area contributed by atoms with Crippen LogP contribution in [-0.2, 0) is 0 Å². The molecule has 0 bridgehead atoms. The lowest BCUT2D eigenvalue weighted by Crippen LogP contribution is -1.70. The minimum atomic E-state index is 0.0850. The number of nitrogens with zero attached hydrogens (tertiary/aromatic N) is 3. The van der Waals surface area contributed by atoms with Crippen LogP contribution in [0.2, 0.25) is 5.02 Å². The molecular formula is C13H8ClN3OS. The van der Waals surface area contributed by atoms with Gasteiger partial charge < -0.3 is 5.11 Å². The second-order valence-electron chi connectivity index (χ2n) is 3.52. The highest BCUT2D eigenvalue weighted by Gasteiger charge is 2.00. The van der Waals surface area contributed by atoms with E-state index in [2.05, 4.69) is 10.2 Å². The van der Waals surface area contributed by atoms with Gasteiger partial charge in [-0.15, -0.1) is 5.11 Å². The molecule has 19 heavy (non-hydrogen) atoms. The molecule has 4 nitrogen and oxygen atoms in total. The Kier molecular flexibility index (Phi) is 4.39. The molecule has 2 aromatic carbocycles. The topological polar surface area (TPSA) is 68.7 Å². The summed E-state index contributed by atoms with van der Waals surface area (Å²) < 4.78 is 0. The van der Waals surface area contributed by atoms with Crippen molar-refractivity contribution in [1.29, 1.82) is 5.26 Å². The van der Waals surface area contributed by atoms with Crippen LogP contribution >= 0.6 is 23.4 Å². The molecule has 0 spiro atoms. The van der Waals surface area contributed by atoms with Crippen molar-refractivity contribution in [2.75, 3.05) is 0 Å². The predicted octanol–water partition coefficient (Wildman–Crippen LogP) is 5.03. The molecule has 0 aliphatic heterocycles. The van der Waals surface area contributed by atoms with E-state index in [4.69, 9.17) is 16.9 Å². The summed E-state index contributed by atoms with van der Waals surface area (Å²) in [5.41, 5.74) is 1.14. The number of azo groups is 1. The first kappa shape index (κ1) is 13.4. The fourth-order valence-electron chi connectivity index (χ4n) is 1.32. The van der Waals surface area contributed by atoms with Crippen molar-refractivity contribution in [1.82, 2.24) is 0 Å². The zero-order valence-electron chi connectivity index (χ0n) is 9.62. The van der Waals surface area contributed by atoms with Gasteiger partial charge in [0.2, 0.25) is 0 Å². The summed E-state index contributed by atoms with van der Waals surface area (Å²) in [6.45, 7) is 0. The summed E-state index contributed by atoms with van der Waals surface area (Å²) in [5.74, 6) is 0.0850. The van der Waals surface area contributed by atoms with Crippen LogP contribution in [0.1, 0.15) is 0 Å². The molecule has 0 aromatic heterocycles. The average Bonchev–Trinajstić information content (AvgIpc) is 2.40. The molecule has 0 atom stereocenters. The summed E-state index contributed by atoms with van der Waals surface area (Å²) >= 11 is 7.00. The lowest BCUT2D eigenvalue weighted by atomic mass is 10.3. The van der Waals surface area contributed by atoms with Gasteiger partial charge in [-0.05, 0) is 48.2 Å². The maximum absolute atomic E-state index is 9.22. The highest BCUT2D eigenvalue weighted by atomic mass is 35.5. The fourth-order valence-corrected chi connectivity index (χ4v) is 1.91. The molecule has 0 radical (unpaired) electrons. The first-order valence-electron chi connectivity index (χ1n) is 5.25. The molecule has 0 aliphatic carbocycles. The van der Waals surface area contributed by atoms with Gasteiger partial charge in [-0.25, -0.2) is 0 Å². The molecule has 0 fully saturated rings. The monoisotopic (exact) mass is 289 g/mol. The van der Waals surface area contributed by atoms with Gasteiger partial charge >= 0.3 is 0 Å². The molecule has 0 amide bonds. The third-order valence-electron chi connectivity index (χ3n) is 2.20. The van der Waals surface area contributed by atoms with Gasteiger partial charge in [0.15, 0.2) is 0 Å². The Morgan fingerprint density at radius 3 is 2.47 bits per heavy atom. The van der Waals surface area contributed by atoms with Crippen LogP contribution in [0, 0.1) is 10.7 Å². The molecule has 94 valence electrons. The lowest BCUT2D eigenvalue weighted by Gasteiger charge is -1.98. The molecule has 0 saturated carbocycles. The number of hydrogen-bond acceptors (Lipinski definition) is 5. The number of hydrogen-bond donors (Lipinski definition) is 1. The number of aromatic hydroxyl groups is 1. The first-order chi connectivity index (χ1) is 9.19. The maximum Gasteiger partial charge on any atom is 0.138 e. The van der Waals surface area contributed by atoms with Crippen LogP contribution in [0.4, 0.5) is 11.4 Å². The van der Waals surface area contributed by atoms with Crippen LogP contribution in [0.3, 0.4) is 0 Å². The lowest BCUT2D eigenvalue weighted by molar-refractivity contribution is 0.475. The second kappa shape index (κ2) is 6.23. The fraction of sp³-hybridized carbons (Fsp3) is 0. The van der Waals surface area contributed by atoms with Crippen molar-refractivity contribution in [2.45, 2.75) is 4.90 Å². The van der Waals surface area contributed by atoms with Crippen LogP contribution in [0.15, 0.2) is 57.6 Å². The van der Waals surface area contributed by atoms with Gasteiger partial charge in [0, 0.05) is 11.0 Å². The van der Waals surface area contributed by atoms with Crippen molar-refractivity contribution in [2.24, 2.45) is 10.2 Å². The van der Waals surface area contributed by atoms with Gasteiger partial charge in [0.1, 0.15) is 16.8 Å². The summed E-state index contributed by atoms with van der Waals surface area (Å²) in [6.07, 6.45) is 0. The van der Waals surface area contributed by atoms with E-state index in [1.165, 1.54) is 12.1 Å². The Morgan fingerprint density at radius 2 is 1.84 bits per heavy atom. The van der Waals surface area contributed by atoms with E-state index in [-0.39, 0.29) is 5.75 Å². The minimum Gasteiger partial charge on any atom is -0.508 e. The van der Waals surface area contributed by atoms with Crippen molar-refractivity contribution in [3.8, 4) is 11.2 Å². The highest BCUT2D eigenvalue weighted by molar-refractivity contribution is 8.03. The van der Waals surface area contributed by atoms with E-state index in [9.17, 15) is 5.11 Å². The third kappa shape index (κ3) is 3.71. The normalized spacial score (nSPS) is 10.5. The first-order valence-corrected chi connectivity index (χ1v) is 6.45. The van der Waals surface area contributed by atoms with Crippen LogP contribution in [-0.4, -0.2) is 5.11 Å².